The highest BCUT2D eigenvalue weighted by atomic mass is 35.5. The molecule has 0 atom stereocenters. The van der Waals surface area contributed by atoms with Gasteiger partial charge in [0, 0.05) is 13.6 Å². The van der Waals surface area contributed by atoms with Gasteiger partial charge >= 0.3 is 0 Å². The molecule has 0 bridgehead atoms. The van der Waals surface area contributed by atoms with E-state index < -0.39 is 0 Å². The average molecular weight is 246 g/mol. The summed E-state index contributed by atoms with van der Waals surface area (Å²) in [4.78, 5) is 0. The first-order chi connectivity index (χ1) is 7.24. The molecule has 1 heterocycles. The summed E-state index contributed by atoms with van der Waals surface area (Å²) in [6, 6.07) is 2.14. The van der Waals surface area contributed by atoms with Crippen molar-refractivity contribution in [3.05, 3.63) is 17.5 Å². The molecule has 0 saturated heterocycles. The number of halogens is 1. The fourth-order valence-corrected chi connectivity index (χ4v) is 1.72. The number of aryl methyl sites for hydroxylation is 2. The maximum atomic E-state index is 4.32. The number of aromatic nitrogens is 2. The van der Waals surface area contributed by atoms with Crippen LogP contribution in [0.1, 0.15) is 44.0 Å². The number of hydrogen-bond acceptors (Lipinski definition) is 2. The Hall–Kier alpha value is -0.540. The molecule has 0 fully saturated rings. The van der Waals surface area contributed by atoms with Crippen molar-refractivity contribution in [3.63, 3.8) is 0 Å². The second-order valence-corrected chi connectivity index (χ2v) is 4.14. The molecule has 0 unspecified atom stereocenters. The van der Waals surface area contributed by atoms with Crippen molar-refractivity contribution >= 4 is 12.4 Å². The van der Waals surface area contributed by atoms with Gasteiger partial charge in [-0.05, 0) is 26.0 Å². The van der Waals surface area contributed by atoms with Gasteiger partial charge in [0.05, 0.1) is 11.4 Å². The van der Waals surface area contributed by atoms with Gasteiger partial charge in [0.15, 0.2) is 0 Å². The lowest BCUT2D eigenvalue weighted by molar-refractivity contribution is 0.577. The van der Waals surface area contributed by atoms with E-state index in [0.29, 0.717) is 0 Å². The van der Waals surface area contributed by atoms with Crippen molar-refractivity contribution in [2.24, 2.45) is 7.05 Å². The summed E-state index contributed by atoms with van der Waals surface area (Å²) in [6.45, 7) is 6.32. The van der Waals surface area contributed by atoms with Crippen LogP contribution in [0.5, 0.6) is 0 Å². The van der Waals surface area contributed by atoms with Gasteiger partial charge in [0.25, 0.3) is 0 Å². The molecule has 0 aliphatic rings. The molecule has 0 spiro atoms. The molecular weight excluding hydrogens is 222 g/mol. The lowest BCUT2D eigenvalue weighted by Gasteiger charge is -2.04. The molecule has 94 valence electrons. The standard InChI is InChI=1S/C12H23N3.ClH/c1-4-5-6-7-8-13-10-12-9-11(2)14-15(12)3;/h9,13H,4-8,10H2,1-3H3;1H. The van der Waals surface area contributed by atoms with E-state index >= 15 is 0 Å². The number of unbranched alkanes of at least 4 members (excludes halogenated alkanes) is 3. The third-order valence-electron chi connectivity index (χ3n) is 2.61. The summed E-state index contributed by atoms with van der Waals surface area (Å²) >= 11 is 0. The summed E-state index contributed by atoms with van der Waals surface area (Å²) in [7, 11) is 2.00. The van der Waals surface area contributed by atoms with Crippen molar-refractivity contribution < 1.29 is 0 Å². The molecule has 0 aliphatic heterocycles. The van der Waals surface area contributed by atoms with Gasteiger partial charge in [-0.1, -0.05) is 26.2 Å². The molecule has 0 aliphatic carbocycles. The number of hydrogen-bond donors (Lipinski definition) is 1. The van der Waals surface area contributed by atoms with E-state index in [2.05, 4.69) is 23.4 Å². The van der Waals surface area contributed by atoms with Gasteiger partial charge in [-0.2, -0.15) is 5.10 Å². The lowest BCUT2D eigenvalue weighted by atomic mass is 10.2. The second kappa shape index (κ2) is 8.59. The molecule has 1 aromatic rings. The van der Waals surface area contributed by atoms with Gasteiger partial charge in [-0.3, -0.25) is 4.68 Å². The molecule has 0 radical (unpaired) electrons. The zero-order valence-corrected chi connectivity index (χ0v) is 11.4. The summed E-state index contributed by atoms with van der Waals surface area (Å²) in [6.07, 6.45) is 5.28. The van der Waals surface area contributed by atoms with Crippen molar-refractivity contribution in [2.75, 3.05) is 6.54 Å². The Balaban J connectivity index is 0.00000225. The van der Waals surface area contributed by atoms with E-state index in [4.69, 9.17) is 0 Å². The highest BCUT2D eigenvalue weighted by molar-refractivity contribution is 5.85. The van der Waals surface area contributed by atoms with Crippen molar-refractivity contribution in [1.29, 1.82) is 0 Å². The van der Waals surface area contributed by atoms with Crippen LogP contribution < -0.4 is 5.32 Å². The third-order valence-corrected chi connectivity index (χ3v) is 2.61. The maximum absolute atomic E-state index is 4.32. The van der Waals surface area contributed by atoms with Gasteiger partial charge in [0.1, 0.15) is 0 Å². The minimum atomic E-state index is 0. The van der Waals surface area contributed by atoms with Crippen LogP contribution in [0.2, 0.25) is 0 Å². The minimum Gasteiger partial charge on any atom is -0.311 e. The third kappa shape index (κ3) is 5.52. The average Bonchev–Trinajstić information content (AvgIpc) is 2.51. The Morgan fingerprint density at radius 1 is 1.31 bits per heavy atom. The van der Waals surface area contributed by atoms with Crippen molar-refractivity contribution in [3.8, 4) is 0 Å². The Bertz CT molecular complexity index is 284. The maximum Gasteiger partial charge on any atom is 0.0597 e. The highest BCUT2D eigenvalue weighted by Crippen LogP contribution is 2.01. The second-order valence-electron chi connectivity index (χ2n) is 4.14. The predicted molar refractivity (Wildman–Crippen MR) is 71.0 cm³/mol. The van der Waals surface area contributed by atoms with E-state index in [-0.39, 0.29) is 12.4 Å². The molecule has 0 amide bonds. The Labute approximate surface area is 105 Å². The van der Waals surface area contributed by atoms with Gasteiger partial charge in [0.2, 0.25) is 0 Å². The molecular formula is C12H24ClN3. The van der Waals surface area contributed by atoms with Crippen LogP contribution in [0.4, 0.5) is 0 Å². The highest BCUT2D eigenvalue weighted by Gasteiger charge is 2.00. The predicted octanol–water partition coefficient (Wildman–Crippen LogP) is 2.82. The van der Waals surface area contributed by atoms with E-state index in [1.807, 2.05) is 18.7 Å². The minimum absolute atomic E-state index is 0. The quantitative estimate of drug-likeness (QED) is 0.749. The van der Waals surface area contributed by atoms with Crippen LogP contribution in [0.15, 0.2) is 6.07 Å². The fraction of sp³-hybridized carbons (Fsp3) is 0.750. The summed E-state index contributed by atoms with van der Waals surface area (Å²) < 4.78 is 1.95. The fourth-order valence-electron chi connectivity index (χ4n) is 1.72. The number of nitrogens with zero attached hydrogens (tertiary/aromatic N) is 2. The van der Waals surface area contributed by atoms with Crippen molar-refractivity contribution in [1.82, 2.24) is 15.1 Å². The first-order valence-electron chi connectivity index (χ1n) is 5.94. The number of nitrogens with one attached hydrogen (secondary N) is 1. The molecule has 1 aromatic heterocycles. The summed E-state index contributed by atoms with van der Waals surface area (Å²) in [5, 5.41) is 7.77. The van der Waals surface area contributed by atoms with E-state index in [9.17, 15) is 0 Å². The molecule has 3 nitrogen and oxygen atoms in total. The Morgan fingerprint density at radius 3 is 2.62 bits per heavy atom. The zero-order chi connectivity index (χ0) is 11.1. The summed E-state index contributed by atoms with van der Waals surface area (Å²) in [5.74, 6) is 0. The zero-order valence-electron chi connectivity index (χ0n) is 10.6. The van der Waals surface area contributed by atoms with Crippen LogP contribution in [0.25, 0.3) is 0 Å². The molecule has 4 heteroatoms. The molecule has 16 heavy (non-hydrogen) atoms. The smallest absolute Gasteiger partial charge is 0.0597 e. The Kier molecular flexibility index (Phi) is 8.30. The topological polar surface area (TPSA) is 29.9 Å². The van der Waals surface area contributed by atoms with Crippen LogP contribution in [-0.2, 0) is 13.6 Å². The first-order valence-corrected chi connectivity index (χ1v) is 5.94. The van der Waals surface area contributed by atoms with Crippen LogP contribution >= 0.6 is 12.4 Å². The van der Waals surface area contributed by atoms with Crippen LogP contribution in [0, 0.1) is 6.92 Å². The van der Waals surface area contributed by atoms with Gasteiger partial charge in [-0.15, -0.1) is 12.4 Å². The number of rotatable bonds is 7. The summed E-state index contributed by atoms with van der Waals surface area (Å²) in [5.41, 5.74) is 2.36. The lowest BCUT2D eigenvalue weighted by Crippen LogP contribution is -2.16. The monoisotopic (exact) mass is 245 g/mol. The van der Waals surface area contributed by atoms with Crippen LogP contribution in [0.3, 0.4) is 0 Å². The van der Waals surface area contributed by atoms with Crippen molar-refractivity contribution in [2.45, 2.75) is 46.1 Å². The van der Waals surface area contributed by atoms with E-state index in [1.165, 1.54) is 31.4 Å². The largest absolute Gasteiger partial charge is 0.311 e. The normalized spacial score (nSPS) is 10.2. The van der Waals surface area contributed by atoms with E-state index in [0.717, 1.165) is 18.8 Å². The molecule has 0 saturated carbocycles. The molecule has 1 rings (SSSR count). The van der Waals surface area contributed by atoms with Crippen LogP contribution in [-0.4, -0.2) is 16.3 Å². The van der Waals surface area contributed by atoms with Gasteiger partial charge < -0.3 is 5.32 Å². The van der Waals surface area contributed by atoms with E-state index in [1.54, 1.807) is 0 Å². The molecule has 1 N–H and O–H groups in total. The first kappa shape index (κ1) is 15.5. The SMILES string of the molecule is CCCCCCNCc1cc(C)nn1C.Cl. The Morgan fingerprint density at radius 2 is 2.06 bits per heavy atom. The molecule has 0 aromatic carbocycles. The van der Waals surface area contributed by atoms with Gasteiger partial charge in [-0.25, -0.2) is 0 Å².